The van der Waals surface area contributed by atoms with Crippen molar-refractivity contribution in [2.45, 2.75) is 13.5 Å². The Morgan fingerprint density at radius 2 is 2.31 bits per heavy atom. The van der Waals surface area contributed by atoms with Crippen LogP contribution in [0.15, 0.2) is 18.3 Å². The number of aryl methyl sites for hydroxylation is 1. The lowest BCUT2D eigenvalue weighted by Gasteiger charge is -2.14. The number of pyridine rings is 1. The molecule has 3 heteroatoms. The first-order valence-corrected chi connectivity index (χ1v) is 4.43. The van der Waals surface area contributed by atoms with Crippen molar-refractivity contribution < 1.29 is 5.11 Å². The molecule has 1 aromatic rings. The molecule has 0 saturated heterocycles. The molecule has 1 N–H and O–H groups in total. The SMILES string of the molecule is Cc1cc(CN(C)CCO)ccn1. The van der Waals surface area contributed by atoms with Crippen LogP contribution < -0.4 is 0 Å². The summed E-state index contributed by atoms with van der Waals surface area (Å²) in [4.78, 5) is 6.20. The van der Waals surface area contributed by atoms with Gasteiger partial charge >= 0.3 is 0 Å². The quantitative estimate of drug-likeness (QED) is 0.745. The Balaban J connectivity index is 2.53. The van der Waals surface area contributed by atoms with Crippen LogP contribution in [0.2, 0.25) is 0 Å². The smallest absolute Gasteiger partial charge is 0.0558 e. The molecule has 0 atom stereocenters. The molecule has 0 aliphatic carbocycles. The molecule has 0 amide bonds. The van der Waals surface area contributed by atoms with E-state index < -0.39 is 0 Å². The molecule has 0 saturated carbocycles. The summed E-state index contributed by atoms with van der Waals surface area (Å²) < 4.78 is 0. The van der Waals surface area contributed by atoms with Gasteiger partial charge in [0, 0.05) is 25.0 Å². The molecule has 0 spiro atoms. The fraction of sp³-hybridized carbons (Fsp3) is 0.500. The fourth-order valence-corrected chi connectivity index (χ4v) is 1.26. The van der Waals surface area contributed by atoms with Crippen LogP contribution in [0, 0.1) is 6.92 Å². The zero-order valence-electron chi connectivity index (χ0n) is 8.20. The second-order valence-electron chi connectivity index (χ2n) is 3.27. The van der Waals surface area contributed by atoms with Crippen molar-refractivity contribution in [3.05, 3.63) is 29.6 Å². The zero-order chi connectivity index (χ0) is 9.68. The van der Waals surface area contributed by atoms with Gasteiger partial charge in [-0.15, -0.1) is 0 Å². The van der Waals surface area contributed by atoms with E-state index in [4.69, 9.17) is 5.11 Å². The highest BCUT2D eigenvalue weighted by Gasteiger charge is 1.99. The molecule has 3 nitrogen and oxygen atoms in total. The monoisotopic (exact) mass is 180 g/mol. The summed E-state index contributed by atoms with van der Waals surface area (Å²) in [5, 5.41) is 8.72. The summed E-state index contributed by atoms with van der Waals surface area (Å²) >= 11 is 0. The number of likely N-dealkylation sites (N-methyl/N-ethyl adjacent to an activating group) is 1. The highest BCUT2D eigenvalue weighted by molar-refractivity contribution is 5.14. The van der Waals surface area contributed by atoms with Crippen molar-refractivity contribution in [1.82, 2.24) is 9.88 Å². The highest BCUT2D eigenvalue weighted by atomic mass is 16.3. The average Bonchev–Trinajstić information content (AvgIpc) is 2.04. The summed E-state index contributed by atoms with van der Waals surface area (Å²) in [6, 6.07) is 4.06. The van der Waals surface area contributed by atoms with Gasteiger partial charge in [-0.25, -0.2) is 0 Å². The van der Waals surface area contributed by atoms with Crippen molar-refractivity contribution in [2.75, 3.05) is 20.2 Å². The second kappa shape index (κ2) is 4.94. The molecule has 0 radical (unpaired) electrons. The second-order valence-corrected chi connectivity index (χ2v) is 3.27. The third kappa shape index (κ3) is 3.53. The number of nitrogens with zero attached hydrogens (tertiary/aromatic N) is 2. The highest BCUT2D eigenvalue weighted by Crippen LogP contribution is 2.03. The number of rotatable bonds is 4. The van der Waals surface area contributed by atoms with Gasteiger partial charge in [0.25, 0.3) is 0 Å². The molecular weight excluding hydrogens is 164 g/mol. The topological polar surface area (TPSA) is 36.4 Å². The Morgan fingerprint density at radius 3 is 2.92 bits per heavy atom. The summed E-state index contributed by atoms with van der Waals surface area (Å²) in [5.41, 5.74) is 2.28. The number of hydrogen-bond acceptors (Lipinski definition) is 3. The van der Waals surface area contributed by atoms with Crippen LogP contribution >= 0.6 is 0 Å². The van der Waals surface area contributed by atoms with Gasteiger partial charge in [0.15, 0.2) is 0 Å². The molecular formula is C10H16N2O. The standard InChI is InChI=1S/C10H16N2O/c1-9-7-10(3-4-11-9)8-12(2)5-6-13/h3-4,7,13H,5-6,8H2,1-2H3. The van der Waals surface area contributed by atoms with Crippen LogP contribution in [0.25, 0.3) is 0 Å². The summed E-state index contributed by atoms with van der Waals surface area (Å²) in [5.74, 6) is 0. The Morgan fingerprint density at radius 1 is 1.54 bits per heavy atom. The third-order valence-corrected chi connectivity index (χ3v) is 1.90. The van der Waals surface area contributed by atoms with Gasteiger partial charge in [0.2, 0.25) is 0 Å². The number of hydrogen-bond donors (Lipinski definition) is 1. The predicted molar refractivity (Wildman–Crippen MR) is 52.4 cm³/mol. The van der Waals surface area contributed by atoms with Crippen molar-refractivity contribution in [1.29, 1.82) is 0 Å². The van der Waals surface area contributed by atoms with Crippen LogP contribution in [0.5, 0.6) is 0 Å². The maximum absolute atomic E-state index is 8.72. The van der Waals surface area contributed by atoms with Gasteiger partial charge in [-0.05, 0) is 31.7 Å². The van der Waals surface area contributed by atoms with E-state index in [9.17, 15) is 0 Å². The minimum Gasteiger partial charge on any atom is -0.395 e. The lowest BCUT2D eigenvalue weighted by Crippen LogP contribution is -2.21. The fourth-order valence-electron chi connectivity index (χ4n) is 1.26. The Kier molecular flexibility index (Phi) is 3.86. The Hall–Kier alpha value is -0.930. The first-order valence-electron chi connectivity index (χ1n) is 4.43. The minimum absolute atomic E-state index is 0.209. The van der Waals surface area contributed by atoms with Crippen LogP contribution in [-0.2, 0) is 6.54 Å². The zero-order valence-corrected chi connectivity index (χ0v) is 8.20. The van der Waals surface area contributed by atoms with Gasteiger partial charge in [0.1, 0.15) is 0 Å². The van der Waals surface area contributed by atoms with Crippen molar-refractivity contribution in [3.8, 4) is 0 Å². The van der Waals surface area contributed by atoms with Gasteiger partial charge in [-0.3, -0.25) is 9.88 Å². The largest absolute Gasteiger partial charge is 0.395 e. The summed E-state index contributed by atoms with van der Waals surface area (Å²) in [7, 11) is 1.99. The van der Waals surface area contributed by atoms with Crippen LogP contribution in [-0.4, -0.2) is 35.2 Å². The van der Waals surface area contributed by atoms with Crippen LogP contribution in [0.4, 0.5) is 0 Å². The third-order valence-electron chi connectivity index (χ3n) is 1.90. The maximum atomic E-state index is 8.72. The molecule has 0 fully saturated rings. The molecule has 72 valence electrons. The van der Waals surface area contributed by atoms with Gasteiger partial charge in [0.05, 0.1) is 6.61 Å². The molecule has 0 bridgehead atoms. The average molecular weight is 180 g/mol. The van der Waals surface area contributed by atoms with E-state index in [1.165, 1.54) is 5.56 Å². The maximum Gasteiger partial charge on any atom is 0.0558 e. The van der Waals surface area contributed by atoms with Crippen molar-refractivity contribution in [2.24, 2.45) is 0 Å². The first-order chi connectivity index (χ1) is 6.22. The van der Waals surface area contributed by atoms with Crippen LogP contribution in [0.1, 0.15) is 11.3 Å². The van der Waals surface area contributed by atoms with Crippen molar-refractivity contribution in [3.63, 3.8) is 0 Å². The van der Waals surface area contributed by atoms with E-state index in [0.29, 0.717) is 6.54 Å². The summed E-state index contributed by atoms with van der Waals surface area (Å²) in [6.07, 6.45) is 1.82. The van der Waals surface area contributed by atoms with E-state index in [0.717, 1.165) is 12.2 Å². The first kappa shape index (κ1) is 10.2. The van der Waals surface area contributed by atoms with Gasteiger partial charge in [-0.2, -0.15) is 0 Å². The van der Waals surface area contributed by atoms with E-state index in [-0.39, 0.29) is 6.61 Å². The predicted octanol–water partition coefficient (Wildman–Crippen LogP) is 0.814. The van der Waals surface area contributed by atoms with Crippen molar-refractivity contribution >= 4 is 0 Å². The molecule has 0 aliphatic heterocycles. The number of aromatic nitrogens is 1. The Labute approximate surface area is 79.0 Å². The normalized spacial score (nSPS) is 10.8. The lowest BCUT2D eigenvalue weighted by molar-refractivity contribution is 0.217. The van der Waals surface area contributed by atoms with Gasteiger partial charge < -0.3 is 5.11 Å². The number of aliphatic hydroxyl groups is 1. The molecule has 1 heterocycles. The lowest BCUT2D eigenvalue weighted by atomic mass is 10.2. The van der Waals surface area contributed by atoms with E-state index in [2.05, 4.69) is 16.0 Å². The van der Waals surface area contributed by atoms with E-state index in [1.54, 1.807) is 0 Å². The minimum atomic E-state index is 0.209. The summed E-state index contributed by atoms with van der Waals surface area (Å²) in [6.45, 7) is 3.77. The van der Waals surface area contributed by atoms with Crippen LogP contribution in [0.3, 0.4) is 0 Å². The van der Waals surface area contributed by atoms with E-state index >= 15 is 0 Å². The number of aliphatic hydroxyl groups excluding tert-OH is 1. The molecule has 0 unspecified atom stereocenters. The molecule has 1 aromatic heterocycles. The van der Waals surface area contributed by atoms with Gasteiger partial charge in [-0.1, -0.05) is 0 Å². The molecule has 1 rings (SSSR count). The molecule has 0 aliphatic rings. The molecule has 0 aromatic carbocycles. The Bertz CT molecular complexity index is 263. The molecule has 13 heavy (non-hydrogen) atoms. The van der Waals surface area contributed by atoms with E-state index in [1.807, 2.05) is 26.2 Å².